The van der Waals surface area contributed by atoms with Crippen molar-refractivity contribution in [1.29, 1.82) is 0 Å². The molecule has 1 aromatic rings. The minimum Gasteiger partial charge on any atom is -0.497 e. The van der Waals surface area contributed by atoms with Gasteiger partial charge in [-0.1, -0.05) is 0 Å². The van der Waals surface area contributed by atoms with Crippen LogP contribution in [0.4, 0.5) is 0 Å². The average molecular weight is 385 g/mol. The van der Waals surface area contributed by atoms with Crippen molar-refractivity contribution in [2.45, 2.75) is 24.8 Å². The van der Waals surface area contributed by atoms with E-state index in [-0.39, 0.29) is 22.6 Å². The van der Waals surface area contributed by atoms with E-state index in [0.717, 1.165) is 0 Å². The van der Waals surface area contributed by atoms with Crippen molar-refractivity contribution in [2.75, 3.05) is 46.9 Å². The van der Waals surface area contributed by atoms with Crippen LogP contribution in [0.1, 0.15) is 13.8 Å². The van der Waals surface area contributed by atoms with Gasteiger partial charge in [0.1, 0.15) is 16.4 Å². The fourth-order valence-corrected chi connectivity index (χ4v) is 4.54. The lowest BCUT2D eigenvalue weighted by atomic mass is 10.2. The Kier molecular flexibility index (Phi) is 6.85. The number of piperazine rings is 1. The number of carbonyl (C=O) groups is 1. The normalized spacial score (nSPS) is 17.5. The zero-order valence-corrected chi connectivity index (χ0v) is 16.5. The smallest absolute Gasteiger partial charge is 0.246 e. The van der Waals surface area contributed by atoms with Gasteiger partial charge in [0.2, 0.25) is 15.9 Å². The van der Waals surface area contributed by atoms with Gasteiger partial charge in [-0.15, -0.1) is 0 Å². The molecule has 1 aromatic carbocycles. The minimum atomic E-state index is -3.72. The molecule has 1 N–H and O–H groups in total. The second-order valence-electron chi connectivity index (χ2n) is 6.03. The standard InChI is InChI=1S/C17H27N3O5S/c1-5-18-17(21)13(2)19-8-10-20(11-9-19)26(22,23)16-12-14(24-3)6-7-15(16)25-4/h6-7,12-13H,5,8-11H2,1-4H3,(H,18,21)/t13-/m0/s1. The van der Waals surface area contributed by atoms with Crippen molar-refractivity contribution in [1.82, 2.24) is 14.5 Å². The summed E-state index contributed by atoms with van der Waals surface area (Å²) in [6, 6.07) is 4.42. The van der Waals surface area contributed by atoms with Crippen LogP contribution >= 0.6 is 0 Å². The van der Waals surface area contributed by atoms with E-state index in [2.05, 4.69) is 5.32 Å². The van der Waals surface area contributed by atoms with Crippen LogP contribution in [0.2, 0.25) is 0 Å². The van der Waals surface area contributed by atoms with Gasteiger partial charge in [0, 0.05) is 38.8 Å². The maximum Gasteiger partial charge on any atom is 0.246 e. The van der Waals surface area contributed by atoms with Gasteiger partial charge in [-0.05, 0) is 26.0 Å². The van der Waals surface area contributed by atoms with E-state index in [0.29, 0.717) is 38.5 Å². The molecule has 1 atom stereocenters. The highest BCUT2D eigenvalue weighted by molar-refractivity contribution is 7.89. The number of ether oxygens (including phenoxy) is 2. The maximum atomic E-state index is 13.0. The number of benzene rings is 1. The summed E-state index contributed by atoms with van der Waals surface area (Å²) in [5, 5.41) is 2.79. The summed E-state index contributed by atoms with van der Waals surface area (Å²) in [6.45, 7) is 5.89. The maximum absolute atomic E-state index is 13.0. The van der Waals surface area contributed by atoms with Crippen LogP contribution in [0.15, 0.2) is 23.1 Å². The third-order valence-corrected chi connectivity index (χ3v) is 6.46. The van der Waals surface area contributed by atoms with Crippen LogP contribution in [0, 0.1) is 0 Å². The lowest BCUT2D eigenvalue weighted by Gasteiger charge is -2.36. The summed E-state index contributed by atoms with van der Waals surface area (Å²) in [5.41, 5.74) is 0. The number of sulfonamides is 1. The topological polar surface area (TPSA) is 88.2 Å². The molecular weight excluding hydrogens is 358 g/mol. The summed E-state index contributed by atoms with van der Waals surface area (Å²) in [7, 11) is -0.793. The van der Waals surface area contributed by atoms with E-state index >= 15 is 0 Å². The number of nitrogens with one attached hydrogen (secondary N) is 1. The summed E-state index contributed by atoms with van der Waals surface area (Å²) in [6.07, 6.45) is 0. The van der Waals surface area contributed by atoms with Crippen molar-refractivity contribution in [2.24, 2.45) is 0 Å². The van der Waals surface area contributed by atoms with Crippen LogP contribution in [-0.2, 0) is 14.8 Å². The van der Waals surface area contributed by atoms with Crippen molar-refractivity contribution < 1.29 is 22.7 Å². The van der Waals surface area contributed by atoms with Crippen LogP contribution in [0.3, 0.4) is 0 Å². The van der Waals surface area contributed by atoms with Crippen molar-refractivity contribution in [3.8, 4) is 11.5 Å². The Bertz CT molecular complexity index is 730. The first-order valence-electron chi connectivity index (χ1n) is 8.59. The van der Waals surface area contributed by atoms with Gasteiger partial charge in [0.15, 0.2) is 0 Å². The predicted octanol–water partition coefficient (Wildman–Crippen LogP) is 0.535. The molecule has 0 unspecified atom stereocenters. The quantitative estimate of drug-likeness (QED) is 0.737. The van der Waals surface area contributed by atoms with E-state index in [1.54, 1.807) is 12.1 Å². The molecule has 1 aliphatic rings. The average Bonchev–Trinajstić information content (AvgIpc) is 2.67. The number of likely N-dealkylation sites (N-methyl/N-ethyl adjacent to an activating group) is 1. The molecule has 146 valence electrons. The molecule has 0 spiro atoms. The highest BCUT2D eigenvalue weighted by Crippen LogP contribution is 2.31. The zero-order chi connectivity index (χ0) is 19.3. The van der Waals surface area contributed by atoms with Gasteiger partial charge in [-0.3, -0.25) is 9.69 Å². The molecule has 0 bridgehead atoms. The largest absolute Gasteiger partial charge is 0.497 e. The number of hydrogen-bond donors (Lipinski definition) is 1. The third kappa shape index (κ3) is 4.28. The summed E-state index contributed by atoms with van der Waals surface area (Å²) in [4.78, 5) is 14.1. The van der Waals surface area contributed by atoms with Crippen LogP contribution < -0.4 is 14.8 Å². The SMILES string of the molecule is CCNC(=O)[C@H](C)N1CCN(S(=O)(=O)c2cc(OC)ccc2OC)CC1. The first-order valence-corrected chi connectivity index (χ1v) is 10.0. The first kappa shape index (κ1) is 20.5. The molecule has 1 aliphatic heterocycles. The Morgan fingerprint density at radius 3 is 2.38 bits per heavy atom. The second kappa shape index (κ2) is 8.70. The number of hydrogen-bond acceptors (Lipinski definition) is 6. The Morgan fingerprint density at radius 2 is 1.85 bits per heavy atom. The molecule has 0 saturated carbocycles. The fourth-order valence-electron chi connectivity index (χ4n) is 2.94. The van der Waals surface area contributed by atoms with E-state index in [4.69, 9.17) is 9.47 Å². The summed E-state index contributed by atoms with van der Waals surface area (Å²) >= 11 is 0. The molecule has 0 radical (unpaired) electrons. The monoisotopic (exact) mass is 385 g/mol. The molecular formula is C17H27N3O5S. The van der Waals surface area contributed by atoms with E-state index < -0.39 is 10.0 Å². The molecule has 0 aromatic heterocycles. The molecule has 1 saturated heterocycles. The van der Waals surface area contributed by atoms with Gasteiger partial charge < -0.3 is 14.8 Å². The fraction of sp³-hybridized carbons (Fsp3) is 0.588. The van der Waals surface area contributed by atoms with Crippen LogP contribution in [0.5, 0.6) is 11.5 Å². The number of methoxy groups -OCH3 is 2. The molecule has 9 heteroatoms. The number of nitrogens with zero attached hydrogens (tertiary/aromatic N) is 2. The van der Waals surface area contributed by atoms with Gasteiger partial charge in [-0.25, -0.2) is 8.42 Å². The van der Waals surface area contributed by atoms with Crippen molar-refractivity contribution >= 4 is 15.9 Å². The molecule has 2 rings (SSSR count). The van der Waals surface area contributed by atoms with Gasteiger partial charge >= 0.3 is 0 Å². The van der Waals surface area contributed by atoms with Gasteiger partial charge in [0.05, 0.1) is 20.3 Å². The third-order valence-electron chi connectivity index (χ3n) is 4.54. The molecule has 8 nitrogen and oxygen atoms in total. The van der Waals surface area contributed by atoms with Crippen molar-refractivity contribution in [3.05, 3.63) is 18.2 Å². The highest BCUT2D eigenvalue weighted by atomic mass is 32.2. The molecule has 0 aliphatic carbocycles. The Labute approximate surface area is 155 Å². The molecule has 1 fully saturated rings. The highest BCUT2D eigenvalue weighted by Gasteiger charge is 2.33. The van der Waals surface area contributed by atoms with Crippen molar-refractivity contribution in [3.63, 3.8) is 0 Å². The number of amides is 1. The molecule has 1 heterocycles. The van der Waals surface area contributed by atoms with E-state index in [1.807, 2.05) is 18.7 Å². The summed E-state index contributed by atoms with van der Waals surface area (Å²) in [5.74, 6) is 0.690. The molecule has 26 heavy (non-hydrogen) atoms. The lowest BCUT2D eigenvalue weighted by Crippen LogP contribution is -2.54. The first-order chi connectivity index (χ1) is 12.3. The predicted molar refractivity (Wildman–Crippen MR) is 98.0 cm³/mol. The van der Waals surface area contributed by atoms with Crippen LogP contribution in [0.25, 0.3) is 0 Å². The lowest BCUT2D eigenvalue weighted by molar-refractivity contribution is -0.126. The summed E-state index contributed by atoms with van der Waals surface area (Å²) < 4.78 is 37.9. The van der Waals surface area contributed by atoms with E-state index in [1.165, 1.54) is 24.6 Å². The Morgan fingerprint density at radius 1 is 1.19 bits per heavy atom. The van der Waals surface area contributed by atoms with Crippen LogP contribution in [-0.4, -0.2) is 76.5 Å². The minimum absolute atomic E-state index is 0.0433. The Balaban J connectivity index is 2.14. The van der Waals surface area contributed by atoms with Gasteiger partial charge in [-0.2, -0.15) is 4.31 Å². The van der Waals surface area contributed by atoms with E-state index in [9.17, 15) is 13.2 Å². The number of rotatable bonds is 7. The number of carbonyl (C=O) groups excluding carboxylic acids is 1. The Hall–Kier alpha value is -1.84. The van der Waals surface area contributed by atoms with Gasteiger partial charge in [0.25, 0.3) is 0 Å². The zero-order valence-electron chi connectivity index (χ0n) is 15.7. The second-order valence-corrected chi connectivity index (χ2v) is 7.93. The molecule has 1 amide bonds.